The molecular weight excluding hydrogens is 148 g/mol. The smallest absolute Gasteiger partial charge is 0.179 e. The van der Waals surface area contributed by atoms with E-state index in [1.54, 1.807) is 6.20 Å². The van der Waals surface area contributed by atoms with Crippen LogP contribution in [0.15, 0.2) is 23.4 Å². The van der Waals surface area contributed by atoms with Crippen molar-refractivity contribution in [2.45, 2.75) is 10.6 Å². The second kappa shape index (κ2) is 2.14. The Morgan fingerprint density at radius 2 is 2.60 bits per heavy atom. The number of aliphatic hydroxyl groups excluding tert-OH is 1. The van der Waals surface area contributed by atoms with Gasteiger partial charge >= 0.3 is 0 Å². The van der Waals surface area contributed by atoms with E-state index in [4.69, 9.17) is 5.11 Å². The van der Waals surface area contributed by atoms with Gasteiger partial charge in [0.1, 0.15) is 5.03 Å². The van der Waals surface area contributed by atoms with Crippen LogP contribution in [0.25, 0.3) is 0 Å². The standard InChI is InChI=1S/C6H6N2OS/c9-6-8-4-2-1-3-7-5(4)10-6/h1-3,6,8-9H. The van der Waals surface area contributed by atoms with Crippen LogP contribution < -0.4 is 5.32 Å². The highest BCUT2D eigenvalue weighted by atomic mass is 32.2. The lowest BCUT2D eigenvalue weighted by Crippen LogP contribution is -2.06. The Morgan fingerprint density at radius 3 is 3.40 bits per heavy atom. The summed E-state index contributed by atoms with van der Waals surface area (Å²) in [4.78, 5) is 4.05. The Balaban J connectivity index is 2.42. The van der Waals surface area contributed by atoms with E-state index in [9.17, 15) is 0 Å². The van der Waals surface area contributed by atoms with Gasteiger partial charge in [-0.15, -0.1) is 0 Å². The van der Waals surface area contributed by atoms with Crippen LogP contribution in [-0.4, -0.2) is 15.7 Å². The summed E-state index contributed by atoms with van der Waals surface area (Å²) >= 11 is 1.32. The molecule has 0 amide bonds. The highest BCUT2D eigenvalue weighted by molar-refractivity contribution is 8.00. The topological polar surface area (TPSA) is 45.1 Å². The van der Waals surface area contributed by atoms with Gasteiger partial charge in [0.15, 0.2) is 5.56 Å². The van der Waals surface area contributed by atoms with Crippen molar-refractivity contribution in [3.05, 3.63) is 18.3 Å². The summed E-state index contributed by atoms with van der Waals surface area (Å²) in [6.07, 6.45) is 1.71. The number of hydrogen-bond donors (Lipinski definition) is 2. The Kier molecular flexibility index (Phi) is 1.28. The molecule has 0 saturated heterocycles. The molecule has 2 N–H and O–H groups in total. The maximum Gasteiger partial charge on any atom is 0.179 e. The minimum atomic E-state index is -0.523. The number of thioether (sulfide) groups is 1. The van der Waals surface area contributed by atoms with Gasteiger partial charge in [-0.05, 0) is 12.1 Å². The molecule has 1 aliphatic heterocycles. The fourth-order valence-corrected chi connectivity index (χ4v) is 1.64. The van der Waals surface area contributed by atoms with E-state index in [0.29, 0.717) is 0 Å². The zero-order valence-electron chi connectivity index (χ0n) is 5.11. The van der Waals surface area contributed by atoms with Crippen LogP contribution in [-0.2, 0) is 0 Å². The van der Waals surface area contributed by atoms with Gasteiger partial charge in [-0.1, -0.05) is 11.8 Å². The Labute approximate surface area is 62.5 Å². The summed E-state index contributed by atoms with van der Waals surface area (Å²) in [6.45, 7) is 0. The molecule has 0 saturated carbocycles. The highest BCUT2D eigenvalue weighted by Gasteiger charge is 2.18. The van der Waals surface area contributed by atoms with Crippen LogP contribution in [0.1, 0.15) is 0 Å². The van der Waals surface area contributed by atoms with Gasteiger partial charge in [0.25, 0.3) is 0 Å². The zero-order chi connectivity index (χ0) is 6.97. The van der Waals surface area contributed by atoms with Crippen LogP contribution in [0.5, 0.6) is 0 Å². The molecule has 4 heteroatoms. The monoisotopic (exact) mass is 154 g/mol. The van der Waals surface area contributed by atoms with Gasteiger partial charge in [0.05, 0.1) is 5.69 Å². The predicted octanol–water partition coefficient (Wildman–Crippen LogP) is 0.875. The molecule has 0 fully saturated rings. The van der Waals surface area contributed by atoms with Crippen molar-refractivity contribution < 1.29 is 5.11 Å². The first-order valence-corrected chi connectivity index (χ1v) is 3.80. The normalized spacial score (nSPS) is 21.9. The second-order valence-electron chi connectivity index (χ2n) is 1.97. The quantitative estimate of drug-likeness (QED) is 0.582. The molecule has 0 radical (unpaired) electrons. The van der Waals surface area contributed by atoms with E-state index in [2.05, 4.69) is 10.3 Å². The van der Waals surface area contributed by atoms with Crippen molar-refractivity contribution >= 4 is 17.4 Å². The van der Waals surface area contributed by atoms with Crippen molar-refractivity contribution in [2.75, 3.05) is 5.32 Å². The maximum absolute atomic E-state index is 9.06. The SMILES string of the molecule is OC1Nc2cccnc2S1. The van der Waals surface area contributed by atoms with Gasteiger partial charge < -0.3 is 10.4 Å². The third kappa shape index (κ3) is 0.853. The minimum absolute atomic E-state index is 0.523. The number of aromatic nitrogens is 1. The van der Waals surface area contributed by atoms with Crippen molar-refractivity contribution in [2.24, 2.45) is 0 Å². The summed E-state index contributed by atoms with van der Waals surface area (Å²) in [5.74, 6) is 0. The average molecular weight is 154 g/mol. The third-order valence-corrected chi connectivity index (χ3v) is 2.16. The Bertz CT molecular complexity index is 228. The minimum Gasteiger partial charge on any atom is -0.364 e. The second-order valence-corrected chi connectivity index (χ2v) is 3.04. The number of anilines is 1. The summed E-state index contributed by atoms with van der Waals surface area (Å²) in [5.41, 5.74) is 0.393. The zero-order valence-corrected chi connectivity index (χ0v) is 5.93. The predicted molar refractivity (Wildman–Crippen MR) is 39.7 cm³/mol. The molecule has 1 aliphatic rings. The van der Waals surface area contributed by atoms with Crippen molar-refractivity contribution in [3.63, 3.8) is 0 Å². The van der Waals surface area contributed by atoms with E-state index in [-0.39, 0.29) is 0 Å². The molecule has 1 aromatic rings. The van der Waals surface area contributed by atoms with Crippen molar-refractivity contribution in [1.82, 2.24) is 4.98 Å². The fraction of sp³-hybridized carbons (Fsp3) is 0.167. The summed E-state index contributed by atoms with van der Waals surface area (Å²) in [6, 6.07) is 3.73. The van der Waals surface area contributed by atoms with Gasteiger partial charge in [0, 0.05) is 6.20 Å². The van der Waals surface area contributed by atoms with E-state index >= 15 is 0 Å². The summed E-state index contributed by atoms with van der Waals surface area (Å²) in [5, 5.41) is 12.8. The number of nitrogens with zero attached hydrogens (tertiary/aromatic N) is 1. The van der Waals surface area contributed by atoms with Gasteiger partial charge in [-0.25, -0.2) is 4.98 Å². The number of hydrogen-bond acceptors (Lipinski definition) is 4. The number of nitrogens with one attached hydrogen (secondary N) is 1. The molecule has 52 valence electrons. The van der Waals surface area contributed by atoms with Crippen LogP contribution in [0.3, 0.4) is 0 Å². The van der Waals surface area contributed by atoms with Gasteiger partial charge in [-0.2, -0.15) is 0 Å². The molecule has 10 heavy (non-hydrogen) atoms. The maximum atomic E-state index is 9.06. The molecule has 1 atom stereocenters. The molecule has 0 spiro atoms. The molecule has 0 bridgehead atoms. The lowest BCUT2D eigenvalue weighted by atomic mass is 10.4. The first kappa shape index (κ1) is 6.00. The van der Waals surface area contributed by atoms with Crippen molar-refractivity contribution in [3.8, 4) is 0 Å². The fourth-order valence-electron chi connectivity index (χ4n) is 0.863. The van der Waals surface area contributed by atoms with Gasteiger partial charge in [0.2, 0.25) is 0 Å². The molecule has 0 aromatic carbocycles. The van der Waals surface area contributed by atoms with E-state index in [0.717, 1.165) is 10.7 Å². The van der Waals surface area contributed by atoms with Crippen LogP contribution in [0, 0.1) is 0 Å². The molecular formula is C6H6N2OS. The van der Waals surface area contributed by atoms with Crippen LogP contribution >= 0.6 is 11.8 Å². The lowest BCUT2D eigenvalue weighted by Gasteiger charge is -1.97. The molecule has 1 aromatic heterocycles. The van der Waals surface area contributed by atoms with E-state index < -0.39 is 5.56 Å². The molecule has 2 heterocycles. The Morgan fingerprint density at radius 1 is 1.70 bits per heavy atom. The first-order valence-electron chi connectivity index (χ1n) is 2.92. The molecule has 0 aliphatic carbocycles. The van der Waals surface area contributed by atoms with Gasteiger partial charge in [-0.3, -0.25) is 0 Å². The number of rotatable bonds is 0. The van der Waals surface area contributed by atoms with Crippen LogP contribution in [0.4, 0.5) is 5.69 Å². The highest BCUT2D eigenvalue weighted by Crippen LogP contribution is 2.34. The third-order valence-electron chi connectivity index (χ3n) is 1.27. The lowest BCUT2D eigenvalue weighted by molar-refractivity contribution is 0.294. The number of aliphatic hydroxyl groups is 1. The molecule has 3 nitrogen and oxygen atoms in total. The molecule has 1 unspecified atom stereocenters. The average Bonchev–Trinajstić information content (AvgIpc) is 2.27. The van der Waals surface area contributed by atoms with E-state index in [1.807, 2.05) is 12.1 Å². The number of pyridine rings is 1. The van der Waals surface area contributed by atoms with E-state index in [1.165, 1.54) is 11.8 Å². The number of fused-ring (bicyclic) bond motifs is 1. The first-order chi connectivity index (χ1) is 4.86. The molecule has 2 rings (SSSR count). The largest absolute Gasteiger partial charge is 0.364 e. The Hall–Kier alpha value is -0.740. The van der Waals surface area contributed by atoms with Crippen LogP contribution in [0.2, 0.25) is 0 Å². The van der Waals surface area contributed by atoms with Crippen molar-refractivity contribution in [1.29, 1.82) is 0 Å². The summed E-state index contributed by atoms with van der Waals surface area (Å²) < 4.78 is 0. The summed E-state index contributed by atoms with van der Waals surface area (Å²) in [7, 11) is 0.